The van der Waals surface area contributed by atoms with Gasteiger partial charge < -0.3 is 14.2 Å². The second kappa shape index (κ2) is 9.89. The van der Waals surface area contributed by atoms with Crippen LogP contribution in [0.25, 0.3) is 11.3 Å². The highest BCUT2D eigenvalue weighted by Crippen LogP contribution is 2.36. The quantitative estimate of drug-likeness (QED) is 0.464. The van der Waals surface area contributed by atoms with E-state index in [9.17, 15) is 4.79 Å². The summed E-state index contributed by atoms with van der Waals surface area (Å²) < 4.78 is 7.87. The van der Waals surface area contributed by atoms with E-state index < -0.39 is 0 Å². The number of nitrogens with zero attached hydrogens (tertiary/aromatic N) is 2. The van der Waals surface area contributed by atoms with E-state index in [0.29, 0.717) is 24.9 Å². The Morgan fingerprint density at radius 2 is 1.74 bits per heavy atom. The van der Waals surface area contributed by atoms with Gasteiger partial charge in [0.25, 0.3) is 5.91 Å². The first-order valence-corrected chi connectivity index (χ1v) is 13.3. The molecule has 4 heteroatoms. The molecule has 2 fully saturated rings. The van der Waals surface area contributed by atoms with Crippen LogP contribution in [0.1, 0.15) is 99.8 Å². The van der Waals surface area contributed by atoms with Crippen LogP contribution in [-0.2, 0) is 16.7 Å². The van der Waals surface area contributed by atoms with E-state index in [1.165, 1.54) is 54.5 Å². The van der Waals surface area contributed by atoms with Gasteiger partial charge in [0.2, 0.25) is 0 Å². The lowest BCUT2D eigenvalue weighted by molar-refractivity contribution is -0.0192. The molecule has 1 aromatic carbocycles. The van der Waals surface area contributed by atoms with E-state index in [2.05, 4.69) is 70.4 Å². The highest BCUT2D eigenvalue weighted by Gasteiger charge is 2.33. The van der Waals surface area contributed by atoms with E-state index in [1.54, 1.807) is 7.11 Å². The fourth-order valence-corrected chi connectivity index (χ4v) is 5.45. The first-order valence-electron chi connectivity index (χ1n) is 13.3. The van der Waals surface area contributed by atoms with Gasteiger partial charge in [0.15, 0.2) is 0 Å². The van der Waals surface area contributed by atoms with Gasteiger partial charge in [-0.2, -0.15) is 0 Å². The summed E-state index contributed by atoms with van der Waals surface area (Å²) in [5.41, 5.74) is 7.20. The van der Waals surface area contributed by atoms with Gasteiger partial charge in [-0.25, -0.2) is 0 Å². The molecule has 1 aliphatic carbocycles. The summed E-state index contributed by atoms with van der Waals surface area (Å²) in [7, 11) is 1.73. The maximum atomic E-state index is 13.5. The molecule has 0 unspecified atom stereocenters. The summed E-state index contributed by atoms with van der Waals surface area (Å²) in [5, 5.41) is 0. The highest BCUT2D eigenvalue weighted by molar-refractivity contribution is 5.97. The Bertz CT molecular complexity index is 1020. The van der Waals surface area contributed by atoms with Crippen molar-refractivity contribution >= 4 is 5.91 Å². The van der Waals surface area contributed by atoms with Crippen LogP contribution >= 0.6 is 0 Å². The Labute approximate surface area is 206 Å². The SMILES string of the molecule is COC1CN(C(=O)c2cc(-c3cc(C(C)C)cc(C(C)(C)C)c3)n(CC3CCCCC3)c2C)C1. The predicted octanol–water partition coefficient (Wildman–Crippen LogP) is 6.94. The molecule has 0 spiro atoms. The molecule has 0 bridgehead atoms. The fourth-order valence-electron chi connectivity index (χ4n) is 5.45. The first kappa shape index (κ1) is 25.0. The van der Waals surface area contributed by atoms with Crippen molar-refractivity contribution in [2.24, 2.45) is 5.92 Å². The Balaban J connectivity index is 1.79. The monoisotopic (exact) mass is 464 g/mol. The van der Waals surface area contributed by atoms with Crippen molar-refractivity contribution in [1.29, 1.82) is 0 Å². The largest absolute Gasteiger partial charge is 0.378 e. The molecule has 1 amide bonds. The number of amides is 1. The van der Waals surface area contributed by atoms with E-state index in [1.807, 2.05) is 4.90 Å². The number of hydrogen-bond donors (Lipinski definition) is 0. The number of benzene rings is 1. The van der Waals surface area contributed by atoms with Gasteiger partial charge in [-0.1, -0.05) is 59.9 Å². The lowest BCUT2D eigenvalue weighted by Crippen LogP contribution is -2.54. The van der Waals surface area contributed by atoms with Crippen LogP contribution in [0.2, 0.25) is 0 Å². The Kier molecular flexibility index (Phi) is 7.28. The van der Waals surface area contributed by atoms with Crippen LogP contribution < -0.4 is 0 Å². The molecule has 2 heterocycles. The molecule has 2 aromatic rings. The third kappa shape index (κ3) is 5.12. The number of carbonyl (C=O) groups is 1. The minimum atomic E-state index is 0.0704. The second-order valence-electron chi connectivity index (χ2n) is 12.0. The Morgan fingerprint density at radius 3 is 2.32 bits per heavy atom. The van der Waals surface area contributed by atoms with E-state index >= 15 is 0 Å². The van der Waals surface area contributed by atoms with Crippen LogP contribution in [0, 0.1) is 12.8 Å². The number of methoxy groups -OCH3 is 1. The van der Waals surface area contributed by atoms with Crippen LogP contribution in [0.3, 0.4) is 0 Å². The van der Waals surface area contributed by atoms with Gasteiger partial charge in [0.05, 0.1) is 11.7 Å². The molecule has 1 saturated heterocycles. The zero-order valence-electron chi connectivity index (χ0n) is 22.4. The van der Waals surface area contributed by atoms with Gasteiger partial charge in [-0.3, -0.25) is 4.79 Å². The summed E-state index contributed by atoms with van der Waals surface area (Å²) in [6.07, 6.45) is 6.77. The molecule has 2 aliphatic rings. The molecule has 1 saturated carbocycles. The average molecular weight is 465 g/mol. The van der Waals surface area contributed by atoms with Crippen molar-refractivity contribution in [2.75, 3.05) is 20.2 Å². The summed E-state index contributed by atoms with van der Waals surface area (Å²) >= 11 is 0. The van der Waals surface area contributed by atoms with Crippen molar-refractivity contribution < 1.29 is 9.53 Å². The summed E-state index contributed by atoms with van der Waals surface area (Å²) in [4.78, 5) is 15.4. The van der Waals surface area contributed by atoms with Crippen molar-refractivity contribution in [2.45, 2.75) is 97.6 Å². The second-order valence-corrected chi connectivity index (χ2v) is 12.0. The molecule has 4 nitrogen and oxygen atoms in total. The molecule has 1 aliphatic heterocycles. The fraction of sp³-hybridized carbons (Fsp3) is 0.633. The zero-order valence-corrected chi connectivity index (χ0v) is 22.4. The molecule has 1 aromatic heterocycles. The highest BCUT2D eigenvalue weighted by atomic mass is 16.5. The number of carbonyl (C=O) groups excluding carboxylic acids is 1. The van der Waals surface area contributed by atoms with Crippen LogP contribution in [0.5, 0.6) is 0 Å². The summed E-state index contributed by atoms with van der Waals surface area (Å²) in [6, 6.07) is 9.25. The number of rotatable bonds is 6. The molecule has 0 atom stereocenters. The third-order valence-corrected chi connectivity index (χ3v) is 8.01. The lowest BCUT2D eigenvalue weighted by atomic mass is 9.83. The number of hydrogen-bond acceptors (Lipinski definition) is 2. The van der Waals surface area contributed by atoms with E-state index in [0.717, 1.165) is 17.8 Å². The lowest BCUT2D eigenvalue weighted by Gasteiger charge is -2.38. The molecule has 4 rings (SSSR count). The predicted molar refractivity (Wildman–Crippen MR) is 141 cm³/mol. The van der Waals surface area contributed by atoms with Gasteiger partial charge in [-0.15, -0.1) is 0 Å². The van der Waals surface area contributed by atoms with Crippen molar-refractivity contribution in [3.63, 3.8) is 0 Å². The minimum Gasteiger partial charge on any atom is -0.378 e. The molecular formula is C30H44N2O2. The normalized spacial score (nSPS) is 17.9. The number of aromatic nitrogens is 1. The molecule has 186 valence electrons. The minimum absolute atomic E-state index is 0.0704. The van der Waals surface area contributed by atoms with Crippen LogP contribution in [0.15, 0.2) is 24.3 Å². The van der Waals surface area contributed by atoms with Gasteiger partial charge in [0, 0.05) is 38.1 Å². The smallest absolute Gasteiger partial charge is 0.255 e. The summed E-state index contributed by atoms with van der Waals surface area (Å²) in [6.45, 7) is 15.9. The van der Waals surface area contributed by atoms with Crippen molar-refractivity contribution in [3.05, 3.63) is 46.6 Å². The molecule has 34 heavy (non-hydrogen) atoms. The van der Waals surface area contributed by atoms with Gasteiger partial charge in [0.1, 0.15) is 0 Å². The number of likely N-dealkylation sites (tertiary alicyclic amines) is 1. The Morgan fingerprint density at radius 1 is 1.06 bits per heavy atom. The van der Waals surface area contributed by atoms with Crippen LogP contribution in [0.4, 0.5) is 0 Å². The maximum Gasteiger partial charge on any atom is 0.255 e. The molecule has 0 radical (unpaired) electrons. The van der Waals surface area contributed by atoms with Gasteiger partial charge >= 0.3 is 0 Å². The van der Waals surface area contributed by atoms with E-state index in [-0.39, 0.29) is 17.4 Å². The third-order valence-electron chi connectivity index (χ3n) is 8.01. The molecular weight excluding hydrogens is 420 g/mol. The maximum absolute atomic E-state index is 13.5. The molecule has 0 N–H and O–H groups in total. The van der Waals surface area contributed by atoms with E-state index in [4.69, 9.17) is 4.74 Å². The van der Waals surface area contributed by atoms with Crippen molar-refractivity contribution in [1.82, 2.24) is 9.47 Å². The average Bonchev–Trinajstić information content (AvgIpc) is 3.09. The number of ether oxygens (including phenoxy) is 1. The van der Waals surface area contributed by atoms with Gasteiger partial charge in [-0.05, 0) is 71.9 Å². The Hall–Kier alpha value is -2.07. The topological polar surface area (TPSA) is 34.5 Å². The van der Waals surface area contributed by atoms with Crippen molar-refractivity contribution in [3.8, 4) is 11.3 Å². The standard InChI is InChI=1S/C30H44N2O2/c1-20(2)23-13-24(15-25(14-23)30(4,5)6)28-16-27(29(33)31-18-26(19-31)34-7)21(3)32(28)17-22-11-9-8-10-12-22/h13-16,20,22,26H,8-12,17-19H2,1-7H3. The van der Waals surface area contributed by atoms with Crippen LogP contribution in [-0.4, -0.2) is 41.7 Å². The first-order chi connectivity index (χ1) is 16.1. The summed E-state index contributed by atoms with van der Waals surface area (Å²) in [5.74, 6) is 1.29. The zero-order chi connectivity index (χ0) is 24.6.